The molecule has 1 rings (SSSR count). The number of amides is 2. The highest BCUT2D eigenvalue weighted by Crippen LogP contribution is 2.22. The summed E-state index contributed by atoms with van der Waals surface area (Å²) in [6.07, 6.45) is 0.242. The molecule has 0 aromatic heterocycles. The molecular weight excluding hydrogens is 318 g/mol. The van der Waals surface area contributed by atoms with E-state index in [4.69, 9.17) is 34.2 Å². The predicted molar refractivity (Wildman–Crippen MR) is 92.9 cm³/mol. The maximum absolute atomic E-state index is 11.5. The van der Waals surface area contributed by atoms with E-state index in [1.54, 1.807) is 6.92 Å². The lowest BCUT2D eigenvalue weighted by molar-refractivity contribution is -0.119. The first-order valence-corrected chi connectivity index (χ1v) is 7.09. The molecule has 1 aromatic carbocycles. The van der Waals surface area contributed by atoms with Gasteiger partial charge in [0, 0.05) is 17.8 Å². The summed E-state index contributed by atoms with van der Waals surface area (Å²) < 4.78 is 0. The van der Waals surface area contributed by atoms with Gasteiger partial charge in [-0.15, -0.1) is 0 Å². The molecule has 0 spiro atoms. The van der Waals surface area contributed by atoms with Crippen molar-refractivity contribution in [2.75, 3.05) is 17.2 Å². The number of aliphatic hydroxyl groups is 1. The Bertz CT molecular complexity index is 647. The van der Waals surface area contributed by atoms with Gasteiger partial charge in [0.05, 0.1) is 22.8 Å². The van der Waals surface area contributed by atoms with Gasteiger partial charge in [0.2, 0.25) is 5.91 Å². The Morgan fingerprint density at radius 2 is 2.04 bits per heavy atom. The third kappa shape index (κ3) is 5.64. The summed E-state index contributed by atoms with van der Waals surface area (Å²) >= 11 is 5.12. The van der Waals surface area contributed by atoms with Crippen molar-refractivity contribution in [1.82, 2.24) is 0 Å². The van der Waals surface area contributed by atoms with Gasteiger partial charge in [0.1, 0.15) is 6.04 Å². The van der Waals surface area contributed by atoms with E-state index >= 15 is 0 Å². The normalized spacial score (nSPS) is 11.4. The molecule has 1 atom stereocenters. The van der Waals surface area contributed by atoms with E-state index < -0.39 is 24.5 Å². The van der Waals surface area contributed by atoms with E-state index in [1.165, 1.54) is 18.2 Å². The van der Waals surface area contributed by atoms with Gasteiger partial charge >= 0.3 is 0 Å². The minimum atomic E-state index is -0.960. The van der Waals surface area contributed by atoms with E-state index in [1.807, 2.05) is 0 Å². The van der Waals surface area contributed by atoms with Crippen LogP contribution in [0, 0.1) is 5.41 Å². The van der Waals surface area contributed by atoms with Crippen molar-refractivity contribution in [3.63, 3.8) is 0 Å². The van der Waals surface area contributed by atoms with E-state index in [9.17, 15) is 9.59 Å². The SMILES string of the molecule is CC(=N)CC(=S)Nc1cc(NC(CO)C(N)=O)ccc1C(N)=O. The number of carbonyl (C=O) groups is 2. The fourth-order valence-electron chi connectivity index (χ4n) is 1.80. The standard InChI is InChI=1S/C14H19N5O3S/c1-7(15)4-12(23)19-10-5-8(2-3-9(10)13(16)21)18-11(6-20)14(17)22/h2-3,5,11,15,18,20H,4,6H2,1H3,(H2,16,21)(H2,17,22)(H,19,23). The molecule has 124 valence electrons. The van der Waals surface area contributed by atoms with Crippen LogP contribution in [0.15, 0.2) is 18.2 Å². The molecule has 23 heavy (non-hydrogen) atoms. The van der Waals surface area contributed by atoms with E-state index in [0.717, 1.165) is 0 Å². The zero-order valence-electron chi connectivity index (χ0n) is 12.6. The topological polar surface area (TPSA) is 154 Å². The number of aliphatic hydroxyl groups excluding tert-OH is 1. The number of nitrogens with one attached hydrogen (secondary N) is 3. The fraction of sp³-hybridized carbons (Fsp3) is 0.286. The highest BCUT2D eigenvalue weighted by molar-refractivity contribution is 7.80. The number of benzene rings is 1. The molecule has 0 heterocycles. The Morgan fingerprint density at radius 3 is 2.52 bits per heavy atom. The molecule has 0 radical (unpaired) electrons. The molecule has 8 nitrogen and oxygen atoms in total. The molecule has 0 saturated heterocycles. The number of thiocarbonyl (C=S) groups is 1. The molecule has 9 heteroatoms. The number of nitrogens with two attached hydrogens (primary N) is 2. The average molecular weight is 337 g/mol. The van der Waals surface area contributed by atoms with Crippen LogP contribution in [0.3, 0.4) is 0 Å². The monoisotopic (exact) mass is 337 g/mol. The van der Waals surface area contributed by atoms with Gasteiger partial charge in [-0.3, -0.25) is 9.59 Å². The summed E-state index contributed by atoms with van der Waals surface area (Å²) in [5.41, 5.74) is 11.8. The molecule has 1 aromatic rings. The Hall–Kier alpha value is -2.52. The van der Waals surface area contributed by atoms with Crippen LogP contribution in [0.25, 0.3) is 0 Å². The second-order valence-corrected chi connectivity index (χ2v) is 5.40. The van der Waals surface area contributed by atoms with Crippen LogP contribution in [0.4, 0.5) is 11.4 Å². The molecule has 1 unspecified atom stereocenters. The summed E-state index contributed by atoms with van der Waals surface area (Å²) in [6.45, 7) is 1.14. The average Bonchev–Trinajstić information content (AvgIpc) is 2.43. The van der Waals surface area contributed by atoms with Crippen molar-refractivity contribution in [3.05, 3.63) is 23.8 Å². The van der Waals surface area contributed by atoms with Gasteiger partial charge in [-0.1, -0.05) is 12.2 Å². The van der Waals surface area contributed by atoms with Gasteiger partial charge in [-0.2, -0.15) is 0 Å². The molecule has 2 amide bonds. The van der Waals surface area contributed by atoms with Crippen LogP contribution in [0.1, 0.15) is 23.7 Å². The van der Waals surface area contributed by atoms with Gasteiger partial charge in [-0.05, 0) is 25.1 Å². The minimum absolute atomic E-state index is 0.208. The first kappa shape index (κ1) is 18.5. The van der Waals surface area contributed by atoms with E-state index in [0.29, 0.717) is 22.1 Å². The lowest BCUT2D eigenvalue weighted by Gasteiger charge is -2.17. The number of primary amides is 2. The number of carbonyl (C=O) groups excluding carboxylic acids is 2. The van der Waals surface area contributed by atoms with Crippen molar-refractivity contribution >= 4 is 46.1 Å². The van der Waals surface area contributed by atoms with Crippen LogP contribution in [-0.4, -0.2) is 40.3 Å². The van der Waals surface area contributed by atoms with Crippen LogP contribution in [-0.2, 0) is 4.79 Å². The number of hydrogen-bond donors (Lipinski definition) is 6. The van der Waals surface area contributed by atoms with Crippen molar-refractivity contribution in [3.8, 4) is 0 Å². The summed E-state index contributed by atoms with van der Waals surface area (Å²) in [5, 5.41) is 22.1. The Balaban J connectivity index is 3.07. The van der Waals surface area contributed by atoms with Gasteiger partial charge in [0.25, 0.3) is 5.91 Å². The zero-order chi connectivity index (χ0) is 17.6. The van der Waals surface area contributed by atoms with Crippen LogP contribution in [0.5, 0.6) is 0 Å². The lowest BCUT2D eigenvalue weighted by atomic mass is 10.1. The maximum Gasteiger partial charge on any atom is 0.250 e. The molecular formula is C14H19N5O3S. The van der Waals surface area contributed by atoms with Crippen molar-refractivity contribution in [2.45, 2.75) is 19.4 Å². The van der Waals surface area contributed by atoms with E-state index in [-0.39, 0.29) is 12.0 Å². The first-order chi connectivity index (χ1) is 10.7. The minimum Gasteiger partial charge on any atom is -0.394 e. The number of hydrogen-bond acceptors (Lipinski definition) is 6. The lowest BCUT2D eigenvalue weighted by Crippen LogP contribution is -2.38. The quantitative estimate of drug-likeness (QED) is 0.294. The highest BCUT2D eigenvalue weighted by Gasteiger charge is 2.16. The predicted octanol–water partition coefficient (Wildman–Crippen LogP) is 0.213. The molecule has 0 saturated carbocycles. The van der Waals surface area contributed by atoms with Gasteiger partial charge in [-0.25, -0.2) is 0 Å². The Morgan fingerprint density at radius 1 is 1.39 bits per heavy atom. The maximum atomic E-state index is 11.5. The zero-order valence-corrected chi connectivity index (χ0v) is 13.4. The molecule has 0 aliphatic carbocycles. The number of rotatable bonds is 8. The van der Waals surface area contributed by atoms with E-state index in [2.05, 4.69) is 10.6 Å². The smallest absolute Gasteiger partial charge is 0.250 e. The van der Waals surface area contributed by atoms with Crippen LogP contribution >= 0.6 is 12.2 Å². The summed E-state index contributed by atoms with van der Waals surface area (Å²) in [7, 11) is 0. The van der Waals surface area contributed by atoms with Gasteiger partial charge < -0.3 is 32.6 Å². The van der Waals surface area contributed by atoms with Crippen LogP contribution in [0.2, 0.25) is 0 Å². The number of anilines is 2. The summed E-state index contributed by atoms with van der Waals surface area (Å²) in [5.74, 6) is -1.36. The molecule has 0 aliphatic heterocycles. The summed E-state index contributed by atoms with van der Waals surface area (Å²) in [6, 6.07) is 3.56. The van der Waals surface area contributed by atoms with Crippen molar-refractivity contribution in [2.24, 2.45) is 11.5 Å². The fourth-order valence-corrected chi connectivity index (χ4v) is 2.12. The second-order valence-electron chi connectivity index (χ2n) is 4.91. The molecule has 0 fully saturated rings. The third-order valence-electron chi connectivity index (χ3n) is 2.85. The first-order valence-electron chi connectivity index (χ1n) is 6.69. The molecule has 0 aliphatic rings. The largest absolute Gasteiger partial charge is 0.394 e. The Labute approximate surface area is 138 Å². The van der Waals surface area contributed by atoms with Crippen LogP contribution < -0.4 is 22.1 Å². The van der Waals surface area contributed by atoms with Crippen molar-refractivity contribution < 1.29 is 14.7 Å². The molecule has 0 bridgehead atoms. The van der Waals surface area contributed by atoms with Crippen molar-refractivity contribution in [1.29, 1.82) is 5.41 Å². The summed E-state index contributed by atoms with van der Waals surface area (Å²) in [4.78, 5) is 23.0. The molecule has 8 N–H and O–H groups in total. The highest BCUT2D eigenvalue weighted by atomic mass is 32.1. The van der Waals surface area contributed by atoms with Gasteiger partial charge in [0.15, 0.2) is 0 Å². The Kier molecular flexibility index (Phi) is 6.61. The second kappa shape index (κ2) is 8.20. The third-order valence-corrected chi connectivity index (χ3v) is 3.10.